The average molecular weight is 385 g/mol. The molecule has 3 aromatic rings. The Morgan fingerprint density at radius 2 is 1.72 bits per heavy atom. The molecule has 0 radical (unpaired) electrons. The number of anilines is 1. The highest BCUT2D eigenvalue weighted by atomic mass is 16.2. The first-order chi connectivity index (χ1) is 13.8. The fourth-order valence-corrected chi connectivity index (χ4v) is 3.56. The van der Waals surface area contributed by atoms with Crippen LogP contribution in [0.25, 0.3) is 10.8 Å². The van der Waals surface area contributed by atoms with E-state index in [1.807, 2.05) is 42.5 Å². The Labute approximate surface area is 170 Å². The third-order valence-electron chi connectivity index (χ3n) is 5.13. The third kappa shape index (κ3) is 3.63. The van der Waals surface area contributed by atoms with Gasteiger partial charge >= 0.3 is 0 Å². The lowest BCUT2D eigenvalue weighted by molar-refractivity contribution is -0.119. The standard InChI is InChI=1S/C24H23N3O2/c1-24(2,3)18-12-10-16(11-13-18)14-25-26-21(28)15-27-20-9-5-7-17-6-4-8-19(22(17)20)23(27)29/h4-14H,15H2,1-3H3,(H,26,28)/b25-14+. The molecule has 2 amide bonds. The number of hydrogen-bond donors (Lipinski definition) is 1. The van der Waals surface area contributed by atoms with Crippen LogP contribution in [0.15, 0.2) is 65.8 Å². The van der Waals surface area contributed by atoms with Crippen LogP contribution in [0.3, 0.4) is 0 Å². The molecule has 0 aromatic heterocycles. The Hall–Kier alpha value is -3.47. The van der Waals surface area contributed by atoms with E-state index in [2.05, 4.69) is 43.4 Å². The first-order valence-corrected chi connectivity index (χ1v) is 9.61. The minimum absolute atomic E-state index is 0.0765. The number of nitrogens with zero attached hydrogens (tertiary/aromatic N) is 2. The van der Waals surface area contributed by atoms with Crippen molar-refractivity contribution in [3.63, 3.8) is 0 Å². The van der Waals surface area contributed by atoms with Gasteiger partial charge in [0.15, 0.2) is 0 Å². The Balaban J connectivity index is 1.43. The molecule has 1 heterocycles. The first kappa shape index (κ1) is 18.9. The van der Waals surface area contributed by atoms with Crippen molar-refractivity contribution in [2.24, 2.45) is 5.10 Å². The molecule has 0 fully saturated rings. The number of benzene rings is 3. The van der Waals surface area contributed by atoms with Crippen LogP contribution in [-0.4, -0.2) is 24.6 Å². The largest absolute Gasteiger partial charge is 0.298 e. The van der Waals surface area contributed by atoms with Crippen molar-refractivity contribution in [1.82, 2.24) is 5.43 Å². The predicted octanol–water partition coefficient (Wildman–Crippen LogP) is 4.25. The van der Waals surface area contributed by atoms with E-state index in [1.165, 1.54) is 10.5 Å². The van der Waals surface area contributed by atoms with Crippen molar-refractivity contribution in [2.45, 2.75) is 26.2 Å². The smallest absolute Gasteiger partial charge is 0.260 e. The van der Waals surface area contributed by atoms with E-state index in [1.54, 1.807) is 12.3 Å². The van der Waals surface area contributed by atoms with Gasteiger partial charge < -0.3 is 0 Å². The van der Waals surface area contributed by atoms with E-state index in [-0.39, 0.29) is 23.8 Å². The normalized spacial score (nSPS) is 13.5. The molecular weight excluding hydrogens is 362 g/mol. The van der Waals surface area contributed by atoms with Crippen LogP contribution in [0.5, 0.6) is 0 Å². The maximum atomic E-state index is 12.7. The van der Waals surface area contributed by atoms with E-state index in [9.17, 15) is 9.59 Å². The van der Waals surface area contributed by atoms with Gasteiger partial charge in [-0.1, -0.05) is 69.3 Å². The second-order valence-corrected chi connectivity index (χ2v) is 8.24. The summed E-state index contributed by atoms with van der Waals surface area (Å²) in [7, 11) is 0. The second-order valence-electron chi connectivity index (χ2n) is 8.24. The lowest BCUT2D eigenvalue weighted by atomic mass is 9.87. The van der Waals surface area contributed by atoms with Crippen LogP contribution in [0, 0.1) is 0 Å². The molecule has 0 saturated heterocycles. The fraction of sp³-hybridized carbons (Fsp3) is 0.208. The maximum absolute atomic E-state index is 12.7. The summed E-state index contributed by atoms with van der Waals surface area (Å²) in [5.41, 5.74) is 6.14. The van der Waals surface area contributed by atoms with E-state index >= 15 is 0 Å². The molecule has 5 nitrogen and oxygen atoms in total. The summed E-state index contributed by atoms with van der Waals surface area (Å²) in [6, 6.07) is 19.4. The highest BCUT2D eigenvalue weighted by Gasteiger charge is 2.30. The van der Waals surface area contributed by atoms with Gasteiger partial charge in [0.05, 0.1) is 11.9 Å². The van der Waals surface area contributed by atoms with Crippen LogP contribution in [-0.2, 0) is 10.2 Å². The molecule has 1 aliphatic rings. The molecular formula is C24H23N3O2. The molecule has 0 spiro atoms. The maximum Gasteiger partial charge on any atom is 0.260 e. The number of nitrogens with one attached hydrogen (secondary N) is 1. The van der Waals surface area contributed by atoms with E-state index < -0.39 is 0 Å². The zero-order valence-corrected chi connectivity index (χ0v) is 16.8. The number of amides is 2. The van der Waals surface area contributed by atoms with Gasteiger partial charge in [-0.15, -0.1) is 0 Å². The molecule has 1 aliphatic heterocycles. The lowest BCUT2D eigenvalue weighted by Crippen LogP contribution is -2.37. The Kier molecular flexibility index (Phi) is 4.66. The SMILES string of the molecule is CC(C)(C)c1ccc(/C=N/NC(=O)CN2C(=O)c3cccc4cccc2c34)cc1. The monoisotopic (exact) mass is 385 g/mol. The van der Waals surface area contributed by atoms with Gasteiger partial charge in [-0.3, -0.25) is 14.5 Å². The van der Waals surface area contributed by atoms with Crippen molar-refractivity contribution in [2.75, 3.05) is 11.4 Å². The van der Waals surface area contributed by atoms with Gasteiger partial charge in [-0.2, -0.15) is 5.10 Å². The molecule has 0 unspecified atom stereocenters. The molecule has 0 atom stereocenters. The molecule has 146 valence electrons. The zero-order chi connectivity index (χ0) is 20.6. The molecule has 4 rings (SSSR count). The van der Waals surface area contributed by atoms with Crippen molar-refractivity contribution in [3.8, 4) is 0 Å². The molecule has 0 saturated carbocycles. The molecule has 5 heteroatoms. The van der Waals surface area contributed by atoms with E-state index in [0.717, 1.165) is 22.0 Å². The minimum atomic E-state index is -0.342. The minimum Gasteiger partial charge on any atom is -0.298 e. The summed E-state index contributed by atoms with van der Waals surface area (Å²) < 4.78 is 0. The number of rotatable bonds is 4. The topological polar surface area (TPSA) is 61.8 Å². The van der Waals surface area contributed by atoms with Gasteiger partial charge in [0, 0.05) is 10.9 Å². The fourth-order valence-electron chi connectivity index (χ4n) is 3.56. The van der Waals surface area contributed by atoms with Gasteiger partial charge in [-0.25, -0.2) is 5.43 Å². The van der Waals surface area contributed by atoms with Gasteiger partial charge in [-0.05, 0) is 34.1 Å². The quantitative estimate of drug-likeness (QED) is 0.539. The van der Waals surface area contributed by atoms with Crippen molar-refractivity contribution in [1.29, 1.82) is 0 Å². The van der Waals surface area contributed by atoms with Crippen molar-refractivity contribution in [3.05, 3.63) is 77.4 Å². The van der Waals surface area contributed by atoms with E-state index in [0.29, 0.717) is 5.56 Å². The molecule has 3 aromatic carbocycles. The second kappa shape index (κ2) is 7.17. The Morgan fingerprint density at radius 1 is 1.03 bits per heavy atom. The van der Waals surface area contributed by atoms with Crippen LogP contribution in [0.2, 0.25) is 0 Å². The number of carbonyl (C=O) groups is 2. The zero-order valence-electron chi connectivity index (χ0n) is 16.8. The van der Waals surface area contributed by atoms with Gasteiger partial charge in [0.1, 0.15) is 6.54 Å². The Morgan fingerprint density at radius 3 is 2.41 bits per heavy atom. The summed E-state index contributed by atoms with van der Waals surface area (Å²) in [6.45, 7) is 6.41. The third-order valence-corrected chi connectivity index (χ3v) is 5.13. The van der Waals surface area contributed by atoms with Crippen molar-refractivity contribution >= 4 is 34.5 Å². The highest BCUT2D eigenvalue weighted by Crippen LogP contribution is 2.36. The van der Waals surface area contributed by atoms with E-state index in [4.69, 9.17) is 0 Å². The number of carbonyl (C=O) groups excluding carboxylic acids is 2. The average Bonchev–Trinajstić information content (AvgIpc) is 2.96. The molecule has 0 bridgehead atoms. The van der Waals surface area contributed by atoms with Crippen LogP contribution < -0.4 is 10.3 Å². The summed E-state index contributed by atoms with van der Waals surface area (Å²) >= 11 is 0. The molecule has 0 aliphatic carbocycles. The predicted molar refractivity (Wildman–Crippen MR) is 117 cm³/mol. The lowest BCUT2D eigenvalue weighted by Gasteiger charge is -2.18. The summed E-state index contributed by atoms with van der Waals surface area (Å²) in [6.07, 6.45) is 1.60. The summed E-state index contributed by atoms with van der Waals surface area (Å²) in [5.74, 6) is -0.501. The number of hydrogen-bond acceptors (Lipinski definition) is 3. The van der Waals surface area contributed by atoms with Crippen LogP contribution in [0.1, 0.15) is 42.3 Å². The first-order valence-electron chi connectivity index (χ1n) is 9.61. The summed E-state index contributed by atoms with van der Waals surface area (Å²) in [5, 5.41) is 5.93. The summed E-state index contributed by atoms with van der Waals surface area (Å²) in [4.78, 5) is 26.6. The van der Waals surface area contributed by atoms with Crippen LogP contribution >= 0.6 is 0 Å². The number of hydrazone groups is 1. The van der Waals surface area contributed by atoms with Gasteiger partial charge in [0.2, 0.25) is 0 Å². The van der Waals surface area contributed by atoms with Crippen molar-refractivity contribution < 1.29 is 9.59 Å². The van der Waals surface area contributed by atoms with Crippen LogP contribution in [0.4, 0.5) is 5.69 Å². The molecule has 29 heavy (non-hydrogen) atoms. The van der Waals surface area contributed by atoms with Gasteiger partial charge in [0.25, 0.3) is 11.8 Å². The molecule has 1 N–H and O–H groups in total. The highest BCUT2D eigenvalue weighted by molar-refractivity contribution is 6.26. The Bertz CT molecular complexity index is 1120.